The first kappa shape index (κ1) is 14.4. The number of hydrogen-bond donors (Lipinski definition) is 1. The number of benzene rings is 1. The number of aliphatic carboxylic acids is 1. The van der Waals surface area contributed by atoms with Crippen LogP contribution in [0.3, 0.4) is 0 Å². The topological polar surface area (TPSA) is 51.5 Å². The third kappa shape index (κ3) is 3.13. The Labute approximate surface area is 119 Å². The number of fused-ring (bicyclic) bond motifs is 1. The van der Waals surface area contributed by atoms with Gasteiger partial charge in [-0.05, 0) is 43.0 Å². The van der Waals surface area contributed by atoms with Crippen molar-refractivity contribution in [2.75, 3.05) is 7.11 Å². The molecule has 0 atom stereocenters. The Balaban J connectivity index is 2.19. The van der Waals surface area contributed by atoms with Crippen LogP contribution in [0.25, 0.3) is 10.9 Å². The number of ether oxygens (including phenoxy) is 1. The van der Waals surface area contributed by atoms with Crippen molar-refractivity contribution in [2.24, 2.45) is 0 Å². The zero-order chi connectivity index (χ0) is 14.5. The maximum Gasteiger partial charge on any atom is 0.303 e. The lowest BCUT2D eigenvalue weighted by molar-refractivity contribution is -0.137. The molecule has 1 aromatic heterocycles. The minimum absolute atomic E-state index is 0.244. The van der Waals surface area contributed by atoms with Crippen molar-refractivity contribution in [3.8, 4) is 5.75 Å². The van der Waals surface area contributed by atoms with Crippen LogP contribution >= 0.6 is 0 Å². The molecule has 1 heterocycles. The van der Waals surface area contributed by atoms with Crippen LogP contribution in [0.15, 0.2) is 24.4 Å². The number of carbonyl (C=O) groups is 1. The van der Waals surface area contributed by atoms with E-state index in [1.54, 1.807) is 7.11 Å². The molecule has 0 bridgehead atoms. The third-order valence-electron chi connectivity index (χ3n) is 3.57. The van der Waals surface area contributed by atoms with E-state index in [0.717, 1.165) is 25.1 Å². The van der Waals surface area contributed by atoms with Gasteiger partial charge in [0.15, 0.2) is 0 Å². The van der Waals surface area contributed by atoms with E-state index in [4.69, 9.17) is 9.84 Å². The average Bonchev–Trinajstić information content (AvgIpc) is 2.85. The highest BCUT2D eigenvalue weighted by atomic mass is 16.5. The average molecular weight is 275 g/mol. The van der Waals surface area contributed by atoms with Gasteiger partial charge >= 0.3 is 5.97 Å². The van der Waals surface area contributed by atoms with Gasteiger partial charge in [0.05, 0.1) is 12.6 Å². The molecule has 0 unspecified atom stereocenters. The number of rotatable bonds is 7. The minimum atomic E-state index is -0.721. The van der Waals surface area contributed by atoms with Crippen LogP contribution in [0.5, 0.6) is 5.75 Å². The second kappa shape index (κ2) is 6.46. The molecular weight excluding hydrogens is 254 g/mol. The molecule has 108 valence electrons. The molecule has 0 aliphatic rings. The van der Waals surface area contributed by atoms with Crippen LogP contribution in [0.2, 0.25) is 0 Å². The van der Waals surface area contributed by atoms with Crippen molar-refractivity contribution in [3.05, 3.63) is 30.0 Å². The second-order valence-electron chi connectivity index (χ2n) is 4.94. The number of nitrogens with zero attached hydrogens (tertiary/aromatic N) is 1. The number of unbranched alkanes of at least 4 members (excludes halogenated alkanes) is 1. The van der Waals surface area contributed by atoms with Crippen molar-refractivity contribution in [1.29, 1.82) is 0 Å². The van der Waals surface area contributed by atoms with Crippen LogP contribution in [0, 0.1) is 0 Å². The van der Waals surface area contributed by atoms with Gasteiger partial charge in [-0.2, -0.15) is 0 Å². The van der Waals surface area contributed by atoms with E-state index in [0.29, 0.717) is 6.42 Å². The fraction of sp³-hybridized carbons (Fsp3) is 0.438. The number of methoxy groups -OCH3 is 1. The summed E-state index contributed by atoms with van der Waals surface area (Å²) in [5, 5.41) is 9.84. The number of carboxylic acid groups (broad SMARTS) is 1. The maximum absolute atomic E-state index is 10.5. The van der Waals surface area contributed by atoms with Crippen molar-refractivity contribution in [3.63, 3.8) is 0 Å². The number of carboxylic acids is 1. The summed E-state index contributed by atoms with van der Waals surface area (Å²) < 4.78 is 7.54. The summed E-state index contributed by atoms with van der Waals surface area (Å²) in [6, 6.07) is 6.21. The van der Waals surface area contributed by atoms with E-state index in [1.807, 2.05) is 6.07 Å². The van der Waals surface area contributed by atoms with Gasteiger partial charge in [0.1, 0.15) is 5.75 Å². The molecule has 0 radical (unpaired) electrons. The summed E-state index contributed by atoms with van der Waals surface area (Å²) in [4.78, 5) is 10.5. The molecule has 0 saturated heterocycles. The number of aromatic nitrogens is 1. The summed E-state index contributed by atoms with van der Waals surface area (Å²) >= 11 is 0. The smallest absolute Gasteiger partial charge is 0.303 e. The lowest BCUT2D eigenvalue weighted by Crippen LogP contribution is -2.01. The zero-order valence-corrected chi connectivity index (χ0v) is 12.1. The van der Waals surface area contributed by atoms with E-state index in [1.165, 1.54) is 16.5 Å². The van der Waals surface area contributed by atoms with Crippen LogP contribution < -0.4 is 4.74 Å². The van der Waals surface area contributed by atoms with E-state index in [9.17, 15) is 4.79 Å². The van der Waals surface area contributed by atoms with Crippen LogP contribution in [-0.4, -0.2) is 22.8 Å². The predicted octanol–water partition coefficient (Wildman–Crippen LogP) is 3.47. The minimum Gasteiger partial charge on any atom is -0.497 e. The van der Waals surface area contributed by atoms with Gasteiger partial charge < -0.3 is 14.4 Å². The molecule has 0 amide bonds. The zero-order valence-electron chi connectivity index (χ0n) is 12.1. The Hall–Kier alpha value is -1.97. The van der Waals surface area contributed by atoms with E-state index in [-0.39, 0.29) is 6.42 Å². The molecule has 1 aromatic carbocycles. The molecule has 0 fully saturated rings. The molecule has 2 rings (SSSR count). The summed E-state index contributed by atoms with van der Waals surface area (Å²) in [5.74, 6) is 0.166. The molecular formula is C16H21NO3. The first-order valence-electron chi connectivity index (χ1n) is 7.03. The molecule has 0 aliphatic heterocycles. The van der Waals surface area contributed by atoms with Crippen molar-refractivity contribution in [1.82, 2.24) is 4.57 Å². The Morgan fingerprint density at radius 3 is 2.80 bits per heavy atom. The first-order valence-corrected chi connectivity index (χ1v) is 7.03. The number of aryl methyl sites for hydroxylation is 2. The fourth-order valence-electron chi connectivity index (χ4n) is 2.54. The molecule has 0 aliphatic carbocycles. The first-order chi connectivity index (χ1) is 9.65. The molecule has 4 nitrogen and oxygen atoms in total. The van der Waals surface area contributed by atoms with Gasteiger partial charge in [0.25, 0.3) is 0 Å². The molecule has 20 heavy (non-hydrogen) atoms. The fourth-order valence-corrected chi connectivity index (χ4v) is 2.54. The second-order valence-corrected chi connectivity index (χ2v) is 4.94. The quantitative estimate of drug-likeness (QED) is 0.787. The van der Waals surface area contributed by atoms with E-state index < -0.39 is 5.97 Å². The van der Waals surface area contributed by atoms with Gasteiger partial charge in [0, 0.05) is 24.5 Å². The van der Waals surface area contributed by atoms with Gasteiger partial charge in [-0.3, -0.25) is 4.79 Å². The predicted molar refractivity (Wildman–Crippen MR) is 79.4 cm³/mol. The largest absolute Gasteiger partial charge is 0.497 e. The Morgan fingerprint density at radius 2 is 2.15 bits per heavy atom. The van der Waals surface area contributed by atoms with Gasteiger partial charge in [0.2, 0.25) is 0 Å². The Morgan fingerprint density at radius 1 is 1.35 bits per heavy atom. The third-order valence-corrected chi connectivity index (χ3v) is 3.57. The van der Waals surface area contributed by atoms with Gasteiger partial charge in [-0.15, -0.1) is 0 Å². The van der Waals surface area contributed by atoms with Crippen molar-refractivity contribution >= 4 is 16.9 Å². The highest BCUT2D eigenvalue weighted by molar-refractivity contribution is 5.85. The normalized spacial score (nSPS) is 10.9. The number of hydrogen-bond acceptors (Lipinski definition) is 2. The molecule has 0 spiro atoms. The monoisotopic (exact) mass is 275 g/mol. The summed E-state index contributed by atoms with van der Waals surface area (Å²) in [6.45, 7) is 2.99. The standard InChI is InChI=1S/C16H21NO3/c1-3-12-10-14(20-2)11-13-7-9-17(16(12)13)8-5-4-6-15(18)19/h7,9-11H,3-6,8H2,1-2H3,(H,18,19). The highest BCUT2D eigenvalue weighted by Gasteiger charge is 2.08. The van der Waals surface area contributed by atoms with Crippen LogP contribution in [0.1, 0.15) is 31.7 Å². The maximum atomic E-state index is 10.5. The van der Waals surface area contributed by atoms with Crippen LogP contribution in [-0.2, 0) is 17.8 Å². The lowest BCUT2D eigenvalue weighted by atomic mass is 10.1. The van der Waals surface area contributed by atoms with Crippen LogP contribution in [0.4, 0.5) is 0 Å². The van der Waals surface area contributed by atoms with E-state index >= 15 is 0 Å². The molecule has 0 saturated carbocycles. The summed E-state index contributed by atoms with van der Waals surface area (Å²) in [5.41, 5.74) is 2.51. The Bertz CT molecular complexity index is 601. The summed E-state index contributed by atoms with van der Waals surface area (Å²) in [6.07, 6.45) is 4.86. The highest BCUT2D eigenvalue weighted by Crippen LogP contribution is 2.27. The molecule has 4 heteroatoms. The Kier molecular flexibility index (Phi) is 4.66. The van der Waals surface area contributed by atoms with Gasteiger partial charge in [-0.25, -0.2) is 0 Å². The lowest BCUT2D eigenvalue weighted by Gasteiger charge is -2.10. The van der Waals surface area contributed by atoms with E-state index in [2.05, 4.69) is 29.8 Å². The molecule has 2 aromatic rings. The SMILES string of the molecule is CCc1cc(OC)cc2ccn(CCCCC(=O)O)c12. The van der Waals surface area contributed by atoms with Gasteiger partial charge in [-0.1, -0.05) is 6.92 Å². The molecule has 1 N–H and O–H groups in total. The van der Waals surface area contributed by atoms with Crippen molar-refractivity contribution in [2.45, 2.75) is 39.2 Å². The van der Waals surface area contributed by atoms with Crippen molar-refractivity contribution < 1.29 is 14.6 Å². The summed E-state index contributed by atoms with van der Waals surface area (Å²) in [7, 11) is 1.68.